The van der Waals surface area contributed by atoms with E-state index in [-0.39, 0.29) is 0 Å². The molecule has 1 saturated carbocycles. The first kappa shape index (κ1) is 12.9. The number of likely N-dealkylation sites (tertiary alicyclic amines) is 1. The van der Waals surface area contributed by atoms with Gasteiger partial charge in [-0.15, -0.1) is 0 Å². The smallest absolute Gasteiger partial charge is 0.222 e. The third kappa shape index (κ3) is 3.02. The third-order valence-corrected chi connectivity index (χ3v) is 4.83. The SMILES string of the molecule is CN1C(=O)CCC2CC(C)(C)CCCCCC21. The van der Waals surface area contributed by atoms with E-state index in [1.165, 1.54) is 38.5 Å². The van der Waals surface area contributed by atoms with Gasteiger partial charge in [0, 0.05) is 19.5 Å². The maximum Gasteiger partial charge on any atom is 0.222 e. The van der Waals surface area contributed by atoms with Gasteiger partial charge in [0.2, 0.25) is 5.91 Å². The molecule has 0 N–H and O–H groups in total. The lowest BCUT2D eigenvalue weighted by Crippen LogP contribution is -2.47. The molecule has 17 heavy (non-hydrogen) atoms. The first-order valence-corrected chi connectivity index (χ1v) is 7.25. The van der Waals surface area contributed by atoms with Crippen LogP contribution in [-0.4, -0.2) is 23.9 Å². The van der Waals surface area contributed by atoms with Crippen LogP contribution in [0.1, 0.15) is 65.2 Å². The minimum Gasteiger partial charge on any atom is -0.343 e. The molecular weight excluding hydrogens is 210 g/mol. The molecule has 0 spiro atoms. The number of hydrogen-bond acceptors (Lipinski definition) is 1. The summed E-state index contributed by atoms with van der Waals surface area (Å²) in [5.41, 5.74) is 0.467. The summed E-state index contributed by atoms with van der Waals surface area (Å²) in [5, 5.41) is 0. The van der Waals surface area contributed by atoms with Gasteiger partial charge in [-0.2, -0.15) is 0 Å². The van der Waals surface area contributed by atoms with E-state index in [2.05, 4.69) is 18.7 Å². The van der Waals surface area contributed by atoms with Gasteiger partial charge < -0.3 is 4.90 Å². The van der Waals surface area contributed by atoms with E-state index >= 15 is 0 Å². The van der Waals surface area contributed by atoms with E-state index in [1.807, 2.05) is 7.05 Å². The van der Waals surface area contributed by atoms with Crippen LogP contribution < -0.4 is 0 Å². The Balaban J connectivity index is 2.13. The molecule has 1 saturated heterocycles. The Labute approximate surface area is 106 Å². The Morgan fingerprint density at radius 2 is 1.94 bits per heavy atom. The van der Waals surface area contributed by atoms with Gasteiger partial charge in [0.1, 0.15) is 0 Å². The van der Waals surface area contributed by atoms with Crippen LogP contribution >= 0.6 is 0 Å². The molecule has 0 radical (unpaired) electrons. The van der Waals surface area contributed by atoms with Crippen molar-refractivity contribution in [2.24, 2.45) is 11.3 Å². The largest absolute Gasteiger partial charge is 0.343 e. The Kier molecular flexibility index (Phi) is 3.79. The molecule has 2 heteroatoms. The quantitative estimate of drug-likeness (QED) is 0.630. The van der Waals surface area contributed by atoms with Gasteiger partial charge >= 0.3 is 0 Å². The molecule has 0 aromatic rings. The van der Waals surface area contributed by atoms with Crippen LogP contribution in [-0.2, 0) is 4.79 Å². The van der Waals surface area contributed by atoms with E-state index in [1.54, 1.807) is 0 Å². The van der Waals surface area contributed by atoms with Gasteiger partial charge in [0.25, 0.3) is 0 Å². The summed E-state index contributed by atoms with van der Waals surface area (Å²) in [7, 11) is 2.02. The van der Waals surface area contributed by atoms with Gasteiger partial charge in [0.15, 0.2) is 0 Å². The van der Waals surface area contributed by atoms with Gasteiger partial charge in [-0.3, -0.25) is 4.79 Å². The van der Waals surface area contributed by atoms with Crippen molar-refractivity contribution in [2.45, 2.75) is 71.3 Å². The van der Waals surface area contributed by atoms with Gasteiger partial charge in [-0.25, -0.2) is 0 Å². The average molecular weight is 237 g/mol. The first-order chi connectivity index (χ1) is 7.99. The summed E-state index contributed by atoms with van der Waals surface area (Å²) in [4.78, 5) is 13.9. The molecule has 0 bridgehead atoms. The Bertz CT molecular complexity index is 285. The standard InChI is InChI=1S/C15H27NO/c1-15(2)10-6-4-5-7-13-12(11-15)8-9-14(17)16(13)3/h12-13H,4-11H2,1-3H3. The third-order valence-electron chi connectivity index (χ3n) is 4.83. The van der Waals surface area contributed by atoms with Crippen LogP contribution in [0.15, 0.2) is 0 Å². The molecule has 2 rings (SSSR count). The number of carbonyl (C=O) groups excluding carboxylic acids is 1. The Morgan fingerprint density at radius 3 is 2.71 bits per heavy atom. The van der Waals surface area contributed by atoms with Crippen molar-refractivity contribution < 1.29 is 4.79 Å². The van der Waals surface area contributed by atoms with Crippen molar-refractivity contribution in [3.63, 3.8) is 0 Å². The van der Waals surface area contributed by atoms with Crippen molar-refractivity contribution in [1.82, 2.24) is 4.90 Å². The predicted molar refractivity (Wildman–Crippen MR) is 70.8 cm³/mol. The minimum atomic E-state index is 0.364. The lowest BCUT2D eigenvalue weighted by molar-refractivity contribution is -0.137. The number of nitrogens with zero attached hydrogens (tertiary/aromatic N) is 1. The summed E-state index contributed by atoms with van der Waals surface area (Å²) in [6.07, 6.45) is 9.78. The van der Waals surface area contributed by atoms with Crippen LogP contribution in [0.5, 0.6) is 0 Å². The molecule has 2 atom stereocenters. The minimum absolute atomic E-state index is 0.364. The highest BCUT2D eigenvalue weighted by molar-refractivity contribution is 5.77. The molecule has 0 aromatic heterocycles. The number of carbonyl (C=O) groups is 1. The van der Waals surface area contributed by atoms with E-state index < -0.39 is 0 Å². The summed E-state index contributed by atoms with van der Waals surface area (Å²) >= 11 is 0. The molecule has 98 valence electrons. The van der Waals surface area contributed by atoms with Gasteiger partial charge in [-0.05, 0) is 37.0 Å². The van der Waals surface area contributed by atoms with E-state index in [0.717, 1.165) is 18.8 Å². The molecule has 1 aliphatic heterocycles. The van der Waals surface area contributed by atoms with E-state index in [9.17, 15) is 4.79 Å². The summed E-state index contributed by atoms with van der Waals surface area (Å²) in [6.45, 7) is 4.82. The molecule has 2 aliphatic rings. The Morgan fingerprint density at radius 1 is 1.18 bits per heavy atom. The lowest BCUT2D eigenvalue weighted by Gasteiger charge is -2.41. The second-order valence-corrected chi connectivity index (χ2v) is 6.84. The predicted octanol–water partition coefficient (Wildman–Crippen LogP) is 3.60. The van der Waals surface area contributed by atoms with Crippen LogP contribution in [0, 0.1) is 11.3 Å². The Hall–Kier alpha value is -0.530. The number of amides is 1. The first-order valence-electron chi connectivity index (χ1n) is 7.25. The van der Waals surface area contributed by atoms with Crippen LogP contribution in [0.2, 0.25) is 0 Å². The van der Waals surface area contributed by atoms with Crippen molar-refractivity contribution in [3.05, 3.63) is 0 Å². The molecule has 1 aliphatic carbocycles. The molecule has 2 unspecified atom stereocenters. The highest BCUT2D eigenvalue weighted by atomic mass is 16.2. The normalized spacial score (nSPS) is 34.5. The fourth-order valence-corrected chi connectivity index (χ4v) is 3.79. The van der Waals surface area contributed by atoms with Crippen molar-refractivity contribution in [3.8, 4) is 0 Å². The second-order valence-electron chi connectivity index (χ2n) is 6.84. The lowest BCUT2D eigenvalue weighted by atomic mass is 9.74. The van der Waals surface area contributed by atoms with Gasteiger partial charge in [0.05, 0.1) is 0 Å². The molecule has 1 amide bonds. The van der Waals surface area contributed by atoms with Crippen LogP contribution in [0.4, 0.5) is 0 Å². The summed E-state index contributed by atoms with van der Waals surface area (Å²) in [5.74, 6) is 1.11. The number of hydrogen-bond donors (Lipinski definition) is 0. The summed E-state index contributed by atoms with van der Waals surface area (Å²) < 4.78 is 0. The topological polar surface area (TPSA) is 20.3 Å². The fourth-order valence-electron chi connectivity index (χ4n) is 3.79. The van der Waals surface area contributed by atoms with Crippen molar-refractivity contribution in [1.29, 1.82) is 0 Å². The van der Waals surface area contributed by atoms with Crippen molar-refractivity contribution in [2.75, 3.05) is 7.05 Å². The van der Waals surface area contributed by atoms with E-state index in [4.69, 9.17) is 0 Å². The molecule has 0 aromatic carbocycles. The van der Waals surface area contributed by atoms with Crippen molar-refractivity contribution >= 4 is 5.91 Å². The number of fused-ring (bicyclic) bond motifs is 1. The highest BCUT2D eigenvalue weighted by Gasteiger charge is 2.36. The zero-order valence-electron chi connectivity index (χ0n) is 11.7. The second kappa shape index (κ2) is 4.99. The average Bonchev–Trinajstić information content (AvgIpc) is 2.32. The fraction of sp³-hybridized carbons (Fsp3) is 0.933. The highest BCUT2D eigenvalue weighted by Crippen LogP contribution is 2.40. The molecular formula is C15H27NO. The zero-order chi connectivity index (χ0) is 12.5. The number of piperidine rings is 1. The summed E-state index contributed by atoms with van der Waals surface area (Å²) in [6, 6.07) is 0.522. The van der Waals surface area contributed by atoms with Gasteiger partial charge in [-0.1, -0.05) is 33.1 Å². The maximum atomic E-state index is 11.8. The molecule has 1 heterocycles. The van der Waals surface area contributed by atoms with Crippen LogP contribution in [0.3, 0.4) is 0 Å². The van der Waals surface area contributed by atoms with Crippen LogP contribution in [0.25, 0.3) is 0 Å². The monoisotopic (exact) mass is 237 g/mol. The maximum absolute atomic E-state index is 11.8. The number of rotatable bonds is 0. The molecule has 2 nitrogen and oxygen atoms in total. The molecule has 2 fully saturated rings. The van der Waals surface area contributed by atoms with E-state index in [0.29, 0.717) is 17.4 Å². The zero-order valence-corrected chi connectivity index (χ0v) is 11.7.